The molecule has 3 aromatic carbocycles. The van der Waals surface area contributed by atoms with Gasteiger partial charge in [0.15, 0.2) is 9.84 Å². The zero-order chi connectivity index (χ0) is 22.0. The number of fused-ring (bicyclic) bond motifs is 1. The Morgan fingerprint density at radius 2 is 1.74 bits per heavy atom. The van der Waals surface area contributed by atoms with E-state index in [0.717, 1.165) is 11.3 Å². The van der Waals surface area contributed by atoms with Crippen LogP contribution >= 0.6 is 11.6 Å². The highest BCUT2D eigenvalue weighted by Crippen LogP contribution is 2.28. The van der Waals surface area contributed by atoms with Gasteiger partial charge in [-0.3, -0.25) is 4.79 Å². The van der Waals surface area contributed by atoms with Crippen molar-refractivity contribution in [2.45, 2.75) is 24.1 Å². The Labute approximate surface area is 186 Å². The molecule has 7 heteroatoms. The molecule has 4 aromatic rings. The molecular formula is C24H21ClN2O3S. The van der Waals surface area contributed by atoms with Crippen molar-refractivity contribution < 1.29 is 13.2 Å². The second-order valence-electron chi connectivity index (χ2n) is 7.39. The normalized spacial score (nSPS) is 11.5. The highest BCUT2D eigenvalue weighted by Gasteiger charge is 2.22. The van der Waals surface area contributed by atoms with E-state index in [1.165, 1.54) is 0 Å². The molecule has 0 aliphatic rings. The van der Waals surface area contributed by atoms with E-state index in [-0.39, 0.29) is 23.1 Å². The van der Waals surface area contributed by atoms with Crippen molar-refractivity contribution in [1.82, 2.24) is 4.57 Å². The third-order valence-corrected chi connectivity index (χ3v) is 7.01. The number of sulfone groups is 1. The molecule has 1 aromatic heterocycles. The fraction of sp³-hybridized carbons (Fsp3) is 0.125. The first-order valence-corrected chi connectivity index (χ1v) is 11.8. The van der Waals surface area contributed by atoms with Crippen LogP contribution < -0.4 is 5.32 Å². The summed E-state index contributed by atoms with van der Waals surface area (Å²) < 4.78 is 28.1. The molecule has 31 heavy (non-hydrogen) atoms. The Balaban J connectivity index is 1.66. The van der Waals surface area contributed by atoms with E-state index >= 15 is 0 Å². The standard InChI is InChI=1S/C24H21ClN2O3S/c1-17-7-2-4-11-21(17)26-24(28)15-27-14-23(20-10-3-5-12-22(20)27)31(29,30)16-18-8-6-9-19(25)13-18/h2-14H,15-16H2,1H3,(H,26,28). The number of aromatic nitrogens is 1. The number of amides is 1. The van der Waals surface area contributed by atoms with Crippen LogP contribution in [-0.4, -0.2) is 18.9 Å². The summed E-state index contributed by atoms with van der Waals surface area (Å²) >= 11 is 6.01. The first-order chi connectivity index (χ1) is 14.8. The predicted octanol–water partition coefficient (Wildman–Crippen LogP) is 5.22. The van der Waals surface area contributed by atoms with Gasteiger partial charge in [-0.1, -0.05) is 60.1 Å². The largest absolute Gasteiger partial charge is 0.337 e. The quantitative estimate of drug-likeness (QED) is 0.436. The Hall–Kier alpha value is -3.09. The van der Waals surface area contributed by atoms with Crippen molar-refractivity contribution in [1.29, 1.82) is 0 Å². The molecule has 1 N–H and O–H groups in total. The minimum absolute atomic E-state index is 0.00152. The molecule has 0 atom stereocenters. The van der Waals surface area contributed by atoms with Crippen LogP contribution in [0.5, 0.6) is 0 Å². The number of halogens is 1. The summed E-state index contributed by atoms with van der Waals surface area (Å²) in [6.07, 6.45) is 1.54. The van der Waals surface area contributed by atoms with Crippen LogP contribution in [0.1, 0.15) is 11.1 Å². The van der Waals surface area contributed by atoms with Gasteiger partial charge in [0.05, 0.1) is 10.6 Å². The first kappa shape index (κ1) is 21.2. The van der Waals surface area contributed by atoms with Crippen molar-refractivity contribution in [3.8, 4) is 0 Å². The molecule has 0 saturated heterocycles. The Bertz CT molecular complexity index is 1380. The lowest BCUT2D eigenvalue weighted by molar-refractivity contribution is -0.116. The fourth-order valence-corrected chi connectivity index (χ4v) is 5.36. The van der Waals surface area contributed by atoms with Gasteiger partial charge in [0, 0.05) is 27.8 Å². The molecule has 0 spiro atoms. The summed E-state index contributed by atoms with van der Waals surface area (Å²) in [5.41, 5.74) is 2.99. The van der Waals surface area contributed by atoms with Crippen molar-refractivity contribution in [2.75, 3.05) is 5.32 Å². The lowest BCUT2D eigenvalue weighted by atomic mass is 10.2. The van der Waals surface area contributed by atoms with E-state index < -0.39 is 9.84 Å². The van der Waals surface area contributed by atoms with Crippen LogP contribution in [-0.2, 0) is 26.9 Å². The molecule has 4 rings (SSSR count). The van der Waals surface area contributed by atoms with Crippen LogP contribution in [0.4, 0.5) is 5.69 Å². The maximum atomic E-state index is 13.2. The first-order valence-electron chi connectivity index (χ1n) is 9.74. The molecule has 158 valence electrons. The van der Waals surface area contributed by atoms with E-state index in [1.807, 2.05) is 43.3 Å². The van der Waals surface area contributed by atoms with Crippen molar-refractivity contribution in [3.05, 3.63) is 95.1 Å². The average molecular weight is 453 g/mol. The third-order valence-electron chi connectivity index (χ3n) is 5.07. The molecule has 0 unspecified atom stereocenters. The molecule has 1 amide bonds. The zero-order valence-corrected chi connectivity index (χ0v) is 18.5. The van der Waals surface area contributed by atoms with E-state index in [2.05, 4.69) is 5.32 Å². The van der Waals surface area contributed by atoms with Gasteiger partial charge in [-0.2, -0.15) is 0 Å². The second kappa shape index (κ2) is 8.57. The topological polar surface area (TPSA) is 68.2 Å². The van der Waals surface area contributed by atoms with Gasteiger partial charge in [-0.25, -0.2) is 8.42 Å². The molecule has 0 aliphatic heterocycles. The predicted molar refractivity (Wildman–Crippen MR) is 124 cm³/mol. The lowest BCUT2D eigenvalue weighted by Crippen LogP contribution is -2.18. The summed E-state index contributed by atoms with van der Waals surface area (Å²) in [5, 5.41) is 3.97. The fourth-order valence-electron chi connectivity index (χ4n) is 3.57. The van der Waals surface area contributed by atoms with Crippen LogP contribution in [0.15, 0.2) is 83.9 Å². The Kier molecular flexibility index (Phi) is 5.85. The number of carbonyl (C=O) groups excluding carboxylic acids is 1. The summed E-state index contributed by atoms with van der Waals surface area (Å²) in [6, 6.07) is 21.5. The minimum Gasteiger partial charge on any atom is -0.337 e. The van der Waals surface area contributed by atoms with Gasteiger partial charge in [0.25, 0.3) is 0 Å². The summed E-state index contributed by atoms with van der Waals surface area (Å²) in [7, 11) is -3.65. The molecule has 0 aliphatic carbocycles. The number of nitrogens with zero attached hydrogens (tertiary/aromatic N) is 1. The van der Waals surface area contributed by atoms with Crippen LogP contribution in [0.3, 0.4) is 0 Å². The monoisotopic (exact) mass is 452 g/mol. The zero-order valence-electron chi connectivity index (χ0n) is 16.9. The molecule has 0 saturated carbocycles. The highest BCUT2D eigenvalue weighted by atomic mass is 35.5. The number of anilines is 1. The van der Waals surface area contributed by atoms with Crippen molar-refractivity contribution in [3.63, 3.8) is 0 Å². The van der Waals surface area contributed by atoms with Crippen LogP contribution in [0.25, 0.3) is 10.9 Å². The van der Waals surface area contributed by atoms with Gasteiger partial charge in [-0.15, -0.1) is 0 Å². The van der Waals surface area contributed by atoms with E-state index in [1.54, 1.807) is 47.2 Å². The number of hydrogen-bond acceptors (Lipinski definition) is 3. The second-order valence-corrected chi connectivity index (χ2v) is 9.78. The van der Waals surface area contributed by atoms with Gasteiger partial charge >= 0.3 is 0 Å². The number of carbonyl (C=O) groups is 1. The van der Waals surface area contributed by atoms with Crippen LogP contribution in [0.2, 0.25) is 5.02 Å². The molecule has 0 radical (unpaired) electrons. The van der Waals surface area contributed by atoms with Gasteiger partial charge in [0.2, 0.25) is 5.91 Å². The molecule has 0 bridgehead atoms. The van der Waals surface area contributed by atoms with Gasteiger partial charge < -0.3 is 9.88 Å². The molecule has 5 nitrogen and oxygen atoms in total. The molecule has 1 heterocycles. The maximum Gasteiger partial charge on any atom is 0.244 e. The number of aryl methyl sites for hydroxylation is 1. The highest BCUT2D eigenvalue weighted by molar-refractivity contribution is 7.90. The van der Waals surface area contributed by atoms with Crippen molar-refractivity contribution >= 4 is 43.9 Å². The van der Waals surface area contributed by atoms with Crippen LogP contribution in [0, 0.1) is 6.92 Å². The summed E-state index contributed by atoms with van der Waals surface area (Å²) in [6.45, 7) is 1.92. The average Bonchev–Trinajstić information content (AvgIpc) is 3.09. The number of para-hydroxylation sites is 2. The Morgan fingerprint density at radius 1 is 1.00 bits per heavy atom. The maximum absolute atomic E-state index is 13.2. The SMILES string of the molecule is Cc1ccccc1NC(=O)Cn1cc(S(=O)(=O)Cc2cccc(Cl)c2)c2ccccc21. The molecule has 0 fully saturated rings. The van der Waals surface area contributed by atoms with E-state index in [0.29, 0.717) is 21.5 Å². The number of nitrogens with one attached hydrogen (secondary N) is 1. The Morgan fingerprint density at radius 3 is 2.52 bits per heavy atom. The third kappa shape index (κ3) is 4.65. The smallest absolute Gasteiger partial charge is 0.244 e. The van der Waals surface area contributed by atoms with Gasteiger partial charge in [-0.05, 0) is 42.3 Å². The molecular weight excluding hydrogens is 432 g/mol. The van der Waals surface area contributed by atoms with E-state index in [9.17, 15) is 13.2 Å². The summed E-state index contributed by atoms with van der Waals surface area (Å²) in [4.78, 5) is 12.9. The van der Waals surface area contributed by atoms with E-state index in [4.69, 9.17) is 11.6 Å². The summed E-state index contributed by atoms with van der Waals surface area (Å²) in [5.74, 6) is -0.398. The van der Waals surface area contributed by atoms with Gasteiger partial charge in [0.1, 0.15) is 6.54 Å². The number of hydrogen-bond donors (Lipinski definition) is 1. The minimum atomic E-state index is -3.65. The van der Waals surface area contributed by atoms with Crippen molar-refractivity contribution in [2.24, 2.45) is 0 Å². The number of rotatable bonds is 6. The number of benzene rings is 3. The lowest BCUT2D eigenvalue weighted by Gasteiger charge is -2.09.